The van der Waals surface area contributed by atoms with Crippen molar-refractivity contribution in [3.05, 3.63) is 77.5 Å². The molecule has 1 aromatic carbocycles. The summed E-state index contributed by atoms with van der Waals surface area (Å²) in [7, 11) is 0. The zero-order valence-electron chi connectivity index (χ0n) is 13.1. The van der Waals surface area contributed by atoms with E-state index >= 15 is 0 Å². The lowest BCUT2D eigenvalue weighted by Crippen LogP contribution is -2.31. The van der Waals surface area contributed by atoms with Crippen LogP contribution < -0.4 is 5.32 Å². The Kier molecular flexibility index (Phi) is 5.33. The van der Waals surface area contributed by atoms with Crippen molar-refractivity contribution >= 4 is 17.5 Å². The molecule has 0 aliphatic carbocycles. The second kappa shape index (κ2) is 7.84. The van der Waals surface area contributed by atoms with Crippen LogP contribution in [0, 0.1) is 0 Å². The molecule has 0 saturated heterocycles. The molecule has 3 aromatic rings. The van der Waals surface area contributed by atoms with Gasteiger partial charge in [0.05, 0.1) is 6.26 Å². The molecule has 2 aromatic heterocycles. The van der Waals surface area contributed by atoms with Gasteiger partial charge in [-0.25, -0.2) is 0 Å². The van der Waals surface area contributed by atoms with Crippen molar-refractivity contribution in [3.63, 3.8) is 0 Å². The summed E-state index contributed by atoms with van der Waals surface area (Å²) in [6.07, 6.45) is 6.24. The summed E-state index contributed by atoms with van der Waals surface area (Å²) in [5.74, 6) is 0.743. The number of rotatable bonds is 7. The van der Waals surface area contributed by atoms with Crippen molar-refractivity contribution in [2.45, 2.75) is 18.9 Å². The van der Waals surface area contributed by atoms with E-state index in [0.717, 1.165) is 11.3 Å². The lowest BCUT2D eigenvalue weighted by atomic mass is 10.1. The minimum atomic E-state index is -0.162. The van der Waals surface area contributed by atoms with E-state index < -0.39 is 0 Å². The van der Waals surface area contributed by atoms with E-state index in [1.165, 1.54) is 0 Å². The summed E-state index contributed by atoms with van der Waals surface area (Å²) in [5.41, 5.74) is 1.05. The molecule has 6 heteroatoms. The average molecular weight is 344 g/mol. The Morgan fingerprint density at radius 3 is 2.92 bits per heavy atom. The van der Waals surface area contributed by atoms with Crippen molar-refractivity contribution in [2.24, 2.45) is 0 Å². The number of halogens is 1. The zero-order chi connectivity index (χ0) is 16.8. The maximum atomic E-state index is 12.1. The number of aryl methyl sites for hydroxylation is 1. The number of amides is 1. The Bertz CT molecular complexity index is 735. The zero-order valence-corrected chi connectivity index (χ0v) is 13.8. The second-order valence-corrected chi connectivity index (χ2v) is 5.89. The van der Waals surface area contributed by atoms with E-state index in [9.17, 15) is 4.79 Å². The average Bonchev–Trinajstić information content (AvgIpc) is 3.27. The molecule has 0 bridgehead atoms. The van der Waals surface area contributed by atoms with Crippen molar-refractivity contribution in [1.82, 2.24) is 15.1 Å². The van der Waals surface area contributed by atoms with Crippen LogP contribution in [0.15, 0.2) is 65.5 Å². The predicted octanol–water partition coefficient (Wildman–Crippen LogP) is 3.47. The standard InChI is InChI=1S/C18H18ClN3O2/c19-15-5-1-4-14(12-15)7-8-18(23)20-13-16(17-6-2-11-24-17)22-10-3-9-21-22/h1-6,9-12,16H,7-8,13H2,(H,20,23). The number of hydrogen-bond acceptors (Lipinski definition) is 3. The Balaban J connectivity index is 1.56. The Hall–Kier alpha value is -2.53. The third-order valence-corrected chi connectivity index (χ3v) is 3.97. The number of nitrogens with zero attached hydrogens (tertiary/aromatic N) is 2. The van der Waals surface area contributed by atoms with Gasteiger partial charge in [-0.15, -0.1) is 0 Å². The molecule has 1 atom stereocenters. The molecule has 1 unspecified atom stereocenters. The second-order valence-electron chi connectivity index (χ2n) is 5.45. The summed E-state index contributed by atoms with van der Waals surface area (Å²) >= 11 is 5.96. The van der Waals surface area contributed by atoms with Gasteiger partial charge in [-0.2, -0.15) is 5.10 Å². The van der Waals surface area contributed by atoms with E-state index in [4.69, 9.17) is 16.0 Å². The number of aromatic nitrogens is 2. The quantitative estimate of drug-likeness (QED) is 0.714. The SMILES string of the molecule is O=C(CCc1cccc(Cl)c1)NCC(c1ccco1)n1cccn1. The lowest BCUT2D eigenvalue weighted by molar-refractivity contribution is -0.121. The fraction of sp³-hybridized carbons (Fsp3) is 0.222. The monoisotopic (exact) mass is 343 g/mol. The van der Waals surface area contributed by atoms with Gasteiger partial charge in [0.25, 0.3) is 0 Å². The van der Waals surface area contributed by atoms with Gasteiger partial charge in [0.15, 0.2) is 0 Å². The molecule has 5 nitrogen and oxygen atoms in total. The van der Waals surface area contributed by atoms with Crippen LogP contribution in [-0.2, 0) is 11.2 Å². The van der Waals surface area contributed by atoms with Gasteiger partial charge in [0.2, 0.25) is 5.91 Å². The first-order valence-corrected chi connectivity index (χ1v) is 8.14. The van der Waals surface area contributed by atoms with Crippen LogP contribution in [0.5, 0.6) is 0 Å². The van der Waals surface area contributed by atoms with Crippen LogP contribution in [0.2, 0.25) is 5.02 Å². The largest absolute Gasteiger partial charge is 0.467 e. The third-order valence-electron chi connectivity index (χ3n) is 3.74. The van der Waals surface area contributed by atoms with E-state index in [1.54, 1.807) is 17.1 Å². The molecule has 0 radical (unpaired) electrons. The molecular weight excluding hydrogens is 326 g/mol. The highest BCUT2D eigenvalue weighted by Crippen LogP contribution is 2.17. The highest BCUT2D eigenvalue weighted by atomic mass is 35.5. The van der Waals surface area contributed by atoms with E-state index in [-0.39, 0.29) is 11.9 Å². The fourth-order valence-corrected chi connectivity index (χ4v) is 2.73. The van der Waals surface area contributed by atoms with Gasteiger partial charge in [-0.3, -0.25) is 9.48 Å². The number of furan rings is 1. The number of nitrogens with one attached hydrogen (secondary N) is 1. The summed E-state index contributed by atoms with van der Waals surface area (Å²) in [4.78, 5) is 12.1. The first-order chi connectivity index (χ1) is 11.7. The van der Waals surface area contributed by atoms with Crippen LogP contribution in [0.4, 0.5) is 0 Å². The Morgan fingerprint density at radius 2 is 2.21 bits per heavy atom. The summed E-state index contributed by atoms with van der Waals surface area (Å²) in [5, 5.41) is 7.88. The maximum absolute atomic E-state index is 12.1. The van der Waals surface area contributed by atoms with Gasteiger partial charge < -0.3 is 9.73 Å². The number of benzene rings is 1. The first kappa shape index (κ1) is 16.3. The molecule has 3 rings (SSSR count). The Labute approximate surface area is 145 Å². The molecule has 1 N–H and O–H groups in total. The van der Waals surface area contributed by atoms with Crippen molar-refractivity contribution in [1.29, 1.82) is 0 Å². The number of carbonyl (C=O) groups excluding carboxylic acids is 1. The highest BCUT2D eigenvalue weighted by molar-refractivity contribution is 6.30. The summed E-state index contributed by atoms with van der Waals surface area (Å²) in [6.45, 7) is 0.420. The minimum absolute atomic E-state index is 0.0151. The maximum Gasteiger partial charge on any atom is 0.220 e. The molecule has 0 saturated carbocycles. The smallest absolute Gasteiger partial charge is 0.220 e. The molecule has 0 aliphatic heterocycles. The summed E-state index contributed by atoms with van der Waals surface area (Å²) in [6, 6.07) is 12.9. The molecule has 0 spiro atoms. The minimum Gasteiger partial charge on any atom is -0.467 e. The van der Waals surface area contributed by atoms with Crippen LogP contribution in [0.25, 0.3) is 0 Å². The van der Waals surface area contributed by atoms with E-state index in [1.807, 2.05) is 48.7 Å². The predicted molar refractivity (Wildman–Crippen MR) is 91.9 cm³/mol. The third kappa shape index (κ3) is 4.26. The van der Waals surface area contributed by atoms with Crippen LogP contribution >= 0.6 is 11.6 Å². The highest BCUT2D eigenvalue weighted by Gasteiger charge is 2.17. The first-order valence-electron chi connectivity index (χ1n) is 7.76. The molecule has 1 amide bonds. The molecule has 124 valence electrons. The van der Waals surface area contributed by atoms with Gasteiger partial charge in [0.1, 0.15) is 11.8 Å². The van der Waals surface area contributed by atoms with E-state index in [0.29, 0.717) is 24.4 Å². The van der Waals surface area contributed by atoms with Crippen LogP contribution in [0.1, 0.15) is 23.8 Å². The van der Waals surface area contributed by atoms with Crippen molar-refractivity contribution in [3.8, 4) is 0 Å². The molecule has 0 fully saturated rings. The summed E-state index contributed by atoms with van der Waals surface area (Å²) < 4.78 is 7.24. The fourth-order valence-electron chi connectivity index (χ4n) is 2.52. The van der Waals surface area contributed by atoms with E-state index in [2.05, 4.69) is 10.4 Å². The van der Waals surface area contributed by atoms with Gasteiger partial charge in [0, 0.05) is 30.4 Å². The van der Waals surface area contributed by atoms with Gasteiger partial charge in [-0.1, -0.05) is 23.7 Å². The topological polar surface area (TPSA) is 60.1 Å². The molecule has 2 heterocycles. The lowest BCUT2D eigenvalue weighted by Gasteiger charge is -2.16. The van der Waals surface area contributed by atoms with Gasteiger partial charge >= 0.3 is 0 Å². The van der Waals surface area contributed by atoms with Crippen LogP contribution in [0.3, 0.4) is 0 Å². The van der Waals surface area contributed by atoms with Crippen molar-refractivity contribution < 1.29 is 9.21 Å². The van der Waals surface area contributed by atoms with Crippen LogP contribution in [-0.4, -0.2) is 22.2 Å². The van der Waals surface area contributed by atoms with Crippen molar-refractivity contribution in [2.75, 3.05) is 6.54 Å². The molecule has 0 aliphatic rings. The van der Waals surface area contributed by atoms with Gasteiger partial charge in [-0.05, 0) is 42.3 Å². The number of hydrogen-bond donors (Lipinski definition) is 1. The number of carbonyl (C=O) groups is 1. The molecular formula is C18H18ClN3O2. The normalized spacial score (nSPS) is 12.0. The Morgan fingerprint density at radius 1 is 1.29 bits per heavy atom. The molecule has 24 heavy (non-hydrogen) atoms.